The maximum Gasteiger partial charge on any atom is -0.0241 e. The second-order valence-electron chi connectivity index (χ2n) is 17.2. The summed E-state index contributed by atoms with van der Waals surface area (Å²) < 4.78 is 0. The Morgan fingerprint density at radius 2 is 0.980 bits per heavy atom. The Bertz CT molecular complexity index is 664. The van der Waals surface area contributed by atoms with Gasteiger partial charge in [0.15, 0.2) is 0 Å². The molecule has 4 fully saturated rings. The van der Waals surface area contributed by atoms with E-state index in [9.17, 15) is 0 Å². The standard InChI is InChI=1S/C27H48.C6H14.2C5H12.2C2H6.2CH4/c1-19(2)9-10-20(3)22-11-12-23-21-13-17-25(4)15-7-8-16-27(25,6)24(21)14-18-26(22,23)5;1-3-5-6-4-2;2*1-3-5-4-2;2*1-2;;/h19-24H,7-18H2,1-6H3;3-6H2,1-2H3;2*3-5H2,1-2H3;2*1-2H3;2*1H4. The summed E-state index contributed by atoms with van der Waals surface area (Å²) in [7, 11) is 0. The molecule has 0 aromatic rings. The highest BCUT2D eigenvalue weighted by molar-refractivity contribution is 5.12. The molecule has 8 atom stereocenters. The molecule has 0 heteroatoms. The fourth-order valence-electron chi connectivity index (χ4n) is 10.6. The van der Waals surface area contributed by atoms with E-state index in [0.717, 1.165) is 35.5 Å². The van der Waals surface area contributed by atoms with Crippen molar-refractivity contribution in [2.45, 2.75) is 267 Å². The van der Waals surface area contributed by atoms with Crippen molar-refractivity contribution in [2.24, 2.45) is 51.8 Å². The van der Waals surface area contributed by atoms with Gasteiger partial charge < -0.3 is 0 Å². The van der Waals surface area contributed by atoms with E-state index in [-0.39, 0.29) is 14.9 Å². The summed E-state index contributed by atoms with van der Waals surface area (Å²) in [4.78, 5) is 0. The predicted molar refractivity (Wildman–Crippen MR) is 234 cm³/mol. The van der Waals surface area contributed by atoms with Gasteiger partial charge in [0.1, 0.15) is 0 Å². The zero-order valence-corrected chi connectivity index (χ0v) is 36.5. The lowest BCUT2D eigenvalue weighted by atomic mass is 9.40. The Morgan fingerprint density at radius 1 is 0.510 bits per heavy atom. The van der Waals surface area contributed by atoms with Crippen molar-refractivity contribution < 1.29 is 0 Å². The SMILES string of the molecule is C.C.CC.CC.CC(C)CCC(C)C1CCC2C3CCC4(C)CCCCC4(C)C3CCC12C.CCCCC.CCCCC.CCCCCC. The molecule has 0 N–H and O–H groups in total. The van der Waals surface area contributed by atoms with Crippen LogP contribution >= 0.6 is 0 Å². The molecule has 0 aromatic carbocycles. The molecule has 49 heavy (non-hydrogen) atoms. The summed E-state index contributed by atoms with van der Waals surface area (Å²) in [6.07, 6.45) is 31.9. The third kappa shape index (κ3) is 17.1. The molecule has 0 aromatic heterocycles. The van der Waals surface area contributed by atoms with Crippen LogP contribution in [0.15, 0.2) is 0 Å². The molecule has 0 spiro atoms. The highest BCUT2D eigenvalue weighted by Crippen LogP contribution is 2.71. The molecule has 4 aliphatic rings. The molecule has 0 aliphatic heterocycles. The Kier molecular flexibility index (Phi) is 35.9. The van der Waals surface area contributed by atoms with Crippen LogP contribution in [0.5, 0.6) is 0 Å². The van der Waals surface area contributed by atoms with E-state index in [1.807, 2.05) is 27.7 Å². The van der Waals surface area contributed by atoms with Crippen molar-refractivity contribution in [3.05, 3.63) is 0 Å². The van der Waals surface area contributed by atoms with Gasteiger partial charge >= 0.3 is 0 Å². The van der Waals surface area contributed by atoms with Gasteiger partial charge in [0.05, 0.1) is 0 Å². The summed E-state index contributed by atoms with van der Waals surface area (Å²) in [6, 6.07) is 0. The maximum absolute atomic E-state index is 2.74. The van der Waals surface area contributed by atoms with Crippen LogP contribution < -0.4 is 0 Å². The van der Waals surface area contributed by atoms with Crippen LogP contribution in [0.2, 0.25) is 0 Å². The van der Waals surface area contributed by atoms with Crippen molar-refractivity contribution in [2.75, 3.05) is 0 Å². The largest absolute Gasteiger partial charge is 0.0776 e. The van der Waals surface area contributed by atoms with Gasteiger partial charge in [-0.1, -0.05) is 216 Å². The van der Waals surface area contributed by atoms with Crippen LogP contribution in [0, 0.1) is 51.8 Å². The van der Waals surface area contributed by atoms with E-state index in [1.165, 1.54) is 116 Å². The number of fused-ring (bicyclic) bond motifs is 5. The van der Waals surface area contributed by atoms with Gasteiger partial charge in [-0.05, 0) is 103 Å². The van der Waals surface area contributed by atoms with E-state index >= 15 is 0 Å². The molecular weight excluding hydrogens is 589 g/mol. The monoisotopic (exact) mass is 695 g/mol. The van der Waals surface area contributed by atoms with Crippen molar-refractivity contribution in [1.29, 1.82) is 0 Å². The van der Waals surface area contributed by atoms with Gasteiger partial charge in [-0.25, -0.2) is 0 Å². The van der Waals surface area contributed by atoms with Crippen LogP contribution in [0.1, 0.15) is 267 Å². The Morgan fingerprint density at radius 3 is 1.41 bits per heavy atom. The third-order valence-corrected chi connectivity index (χ3v) is 13.7. The van der Waals surface area contributed by atoms with Gasteiger partial charge in [0, 0.05) is 0 Å². The fourth-order valence-corrected chi connectivity index (χ4v) is 10.6. The predicted octanol–water partition coefficient (Wildman–Crippen LogP) is 18.8. The zero-order valence-electron chi connectivity index (χ0n) is 36.5. The quantitative estimate of drug-likeness (QED) is 0.189. The van der Waals surface area contributed by atoms with Gasteiger partial charge in [0.2, 0.25) is 0 Å². The van der Waals surface area contributed by atoms with E-state index in [0.29, 0.717) is 16.2 Å². The molecule has 4 rings (SSSR count). The zero-order chi connectivity index (χ0) is 36.5. The number of rotatable bonds is 11. The Hall–Kier alpha value is 0. The van der Waals surface area contributed by atoms with E-state index in [4.69, 9.17) is 0 Å². The van der Waals surface area contributed by atoms with E-state index in [1.54, 1.807) is 25.7 Å². The minimum Gasteiger partial charge on any atom is -0.0776 e. The molecule has 4 saturated carbocycles. The first kappa shape index (κ1) is 55.8. The highest BCUT2D eigenvalue weighted by atomic mass is 14.7. The van der Waals surface area contributed by atoms with Crippen LogP contribution in [-0.4, -0.2) is 0 Å². The summed E-state index contributed by atoms with van der Waals surface area (Å²) in [6.45, 7) is 36.9. The van der Waals surface area contributed by atoms with Crippen LogP contribution in [0.4, 0.5) is 0 Å². The molecule has 0 heterocycles. The molecule has 0 radical (unpaired) electrons. The lowest BCUT2D eigenvalue weighted by molar-refractivity contribution is -0.154. The molecule has 0 bridgehead atoms. The smallest absolute Gasteiger partial charge is 0.0241 e. The normalized spacial score (nSPS) is 31.0. The second kappa shape index (κ2) is 31.5. The third-order valence-electron chi connectivity index (χ3n) is 13.7. The van der Waals surface area contributed by atoms with E-state index in [2.05, 4.69) is 83.1 Å². The maximum atomic E-state index is 2.74. The van der Waals surface area contributed by atoms with Crippen LogP contribution in [0.25, 0.3) is 0 Å². The Labute approximate surface area is 317 Å². The lowest BCUT2D eigenvalue weighted by Crippen LogP contribution is -2.56. The molecule has 0 amide bonds. The lowest BCUT2D eigenvalue weighted by Gasteiger charge is -2.65. The van der Waals surface area contributed by atoms with Gasteiger partial charge in [-0.2, -0.15) is 0 Å². The number of hydrogen-bond donors (Lipinski definition) is 0. The highest BCUT2D eigenvalue weighted by Gasteiger charge is 2.62. The first-order valence-electron chi connectivity index (χ1n) is 22.5. The number of hydrogen-bond acceptors (Lipinski definition) is 0. The minimum absolute atomic E-state index is 0. The molecule has 0 saturated heterocycles. The summed E-state index contributed by atoms with van der Waals surface area (Å²) in [5, 5.41) is 0. The van der Waals surface area contributed by atoms with Gasteiger partial charge in [-0.3, -0.25) is 0 Å². The molecule has 4 aliphatic carbocycles. The van der Waals surface area contributed by atoms with Crippen LogP contribution in [0.3, 0.4) is 0 Å². The van der Waals surface area contributed by atoms with Crippen molar-refractivity contribution in [3.8, 4) is 0 Å². The minimum atomic E-state index is 0. The molecular formula is C49H106. The van der Waals surface area contributed by atoms with Gasteiger partial charge in [-0.15, -0.1) is 0 Å². The molecule has 302 valence electrons. The fraction of sp³-hybridized carbons (Fsp3) is 1.00. The van der Waals surface area contributed by atoms with E-state index < -0.39 is 0 Å². The average Bonchev–Trinajstić information content (AvgIpc) is 3.43. The second-order valence-corrected chi connectivity index (χ2v) is 17.2. The summed E-state index contributed by atoms with van der Waals surface area (Å²) in [5.74, 6) is 5.97. The summed E-state index contributed by atoms with van der Waals surface area (Å²) >= 11 is 0. The van der Waals surface area contributed by atoms with Crippen LogP contribution in [-0.2, 0) is 0 Å². The number of unbranched alkanes of at least 4 members (excludes halogenated alkanes) is 7. The molecule has 0 nitrogen and oxygen atoms in total. The first-order valence-corrected chi connectivity index (χ1v) is 22.5. The topological polar surface area (TPSA) is 0 Å². The first-order chi connectivity index (χ1) is 22.5. The van der Waals surface area contributed by atoms with Crippen molar-refractivity contribution in [1.82, 2.24) is 0 Å². The van der Waals surface area contributed by atoms with Crippen molar-refractivity contribution >= 4 is 0 Å². The average molecular weight is 695 g/mol. The molecule has 8 unspecified atom stereocenters. The van der Waals surface area contributed by atoms with Gasteiger partial charge in [0.25, 0.3) is 0 Å². The Balaban J connectivity index is -0.000000383. The summed E-state index contributed by atoms with van der Waals surface area (Å²) in [5.41, 5.74) is 1.97. The van der Waals surface area contributed by atoms with Crippen molar-refractivity contribution in [3.63, 3.8) is 0 Å².